The average molecular weight is 328 g/mol. The predicted octanol–water partition coefficient (Wildman–Crippen LogP) is 1.17. The lowest BCUT2D eigenvalue weighted by Crippen LogP contribution is -2.29. The maximum Gasteiger partial charge on any atom is 0.293 e. The van der Waals surface area contributed by atoms with Gasteiger partial charge in [-0.05, 0) is 43.7 Å². The van der Waals surface area contributed by atoms with E-state index in [2.05, 4.69) is 5.32 Å². The molecule has 1 aliphatic carbocycles. The van der Waals surface area contributed by atoms with E-state index >= 15 is 0 Å². The smallest absolute Gasteiger partial charge is 0.293 e. The normalized spacial score (nSPS) is 22.3. The third kappa shape index (κ3) is 4.15. The van der Waals surface area contributed by atoms with Gasteiger partial charge < -0.3 is 11.1 Å². The van der Waals surface area contributed by atoms with Crippen LogP contribution in [0.3, 0.4) is 0 Å². The fourth-order valence-electron chi connectivity index (χ4n) is 2.64. The van der Waals surface area contributed by atoms with Gasteiger partial charge in [0, 0.05) is 18.7 Å². The largest absolute Gasteiger partial charge is 0.379 e. The van der Waals surface area contributed by atoms with Crippen LogP contribution in [0.1, 0.15) is 25.7 Å². The van der Waals surface area contributed by atoms with Crippen molar-refractivity contribution in [2.75, 3.05) is 11.9 Å². The molecule has 0 atom stereocenters. The molecule has 5 N–H and O–H groups in total. The van der Waals surface area contributed by atoms with Crippen molar-refractivity contribution < 1.29 is 13.3 Å². The Labute approximate surface area is 129 Å². The van der Waals surface area contributed by atoms with E-state index < -0.39 is 14.9 Å². The highest BCUT2D eigenvalue weighted by molar-refractivity contribution is 7.89. The highest BCUT2D eigenvalue weighted by Gasteiger charge is 2.22. The molecule has 0 bridgehead atoms. The summed E-state index contributed by atoms with van der Waals surface area (Å²) in [4.78, 5) is 10.2. The SMILES string of the molecule is NS(=O)(=O)c1ccc(NC[C@H]2CC[C@H](N)CC2)c([N+](=O)[O-])c1. The van der Waals surface area contributed by atoms with Gasteiger partial charge >= 0.3 is 0 Å². The van der Waals surface area contributed by atoms with Gasteiger partial charge in [-0.3, -0.25) is 10.1 Å². The number of anilines is 1. The Morgan fingerprint density at radius 3 is 2.45 bits per heavy atom. The number of primary sulfonamides is 1. The molecule has 0 amide bonds. The second-order valence-electron chi connectivity index (χ2n) is 5.64. The van der Waals surface area contributed by atoms with Crippen LogP contribution in [0.5, 0.6) is 0 Å². The number of hydrogen-bond acceptors (Lipinski definition) is 6. The quantitative estimate of drug-likeness (QED) is 0.547. The molecule has 0 aromatic heterocycles. The van der Waals surface area contributed by atoms with Crippen molar-refractivity contribution >= 4 is 21.4 Å². The summed E-state index contributed by atoms with van der Waals surface area (Å²) in [6.07, 6.45) is 3.88. The second-order valence-corrected chi connectivity index (χ2v) is 7.20. The summed E-state index contributed by atoms with van der Waals surface area (Å²) in [6, 6.07) is 3.88. The monoisotopic (exact) mass is 328 g/mol. The maximum atomic E-state index is 11.3. The number of hydrogen-bond donors (Lipinski definition) is 3. The molecule has 0 saturated heterocycles. The summed E-state index contributed by atoms with van der Waals surface area (Å²) in [7, 11) is -3.96. The van der Waals surface area contributed by atoms with Crippen LogP contribution in [0.15, 0.2) is 23.1 Å². The molecule has 2 rings (SSSR count). The summed E-state index contributed by atoms with van der Waals surface area (Å²) in [5.41, 5.74) is 5.85. The van der Waals surface area contributed by atoms with E-state index in [4.69, 9.17) is 10.9 Å². The van der Waals surface area contributed by atoms with Crippen molar-refractivity contribution in [2.45, 2.75) is 36.6 Å². The molecule has 9 heteroatoms. The van der Waals surface area contributed by atoms with E-state index in [9.17, 15) is 18.5 Å². The van der Waals surface area contributed by atoms with Gasteiger partial charge in [-0.15, -0.1) is 0 Å². The van der Waals surface area contributed by atoms with Crippen LogP contribution in [0.4, 0.5) is 11.4 Å². The number of nitrogens with one attached hydrogen (secondary N) is 1. The van der Waals surface area contributed by atoms with Crippen LogP contribution >= 0.6 is 0 Å². The Kier molecular flexibility index (Phi) is 4.99. The number of benzene rings is 1. The topological polar surface area (TPSA) is 141 Å². The number of rotatable bonds is 5. The summed E-state index contributed by atoms with van der Waals surface area (Å²) in [6.45, 7) is 0.599. The lowest BCUT2D eigenvalue weighted by molar-refractivity contribution is -0.384. The molecule has 22 heavy (non-hydrogen) atoms. The van der Waals surface area contributed by atoms with Crippen molar-refractivity contribution in [3.63, 3.8) is 0 Å². The molecule has 1 saturated carbocycles. The lowest BCUT2D eigenvalue weighted by Gasteiger charge is -2.26. The van der Waals surface area contributed by atoms with Crippen molar-refractivity contribution in [3.05, 3.63) is 28.3 Å². The average Bonchev–Trinajstić information content (AvgIpc) is 2.45. The predicted molar refractivity (Wildman–Crippen MR) is 82.9 cm³/mol. The zero-order valence-corrected chi connectivity index (χ0v) is 12.9. The summed E-state index contributed by atoms with van der Waals surface area (Å²) < 4.78 is 22.6. The van der Waals surface area contributed by atoms with Gasteiger partial charge in [0.05, 0.1) is 9.82 Å². The van der Waals surface area contributed by atoms with Gasteiger partial charge in [-0.1, -0.05) is 0 Å². The highest BCUT2D eigenvalue weighted by Crippen LogP contribution is 2.29. The highest BCUT2D eigenvalue weighted by atomic mass is 32.2. The second kappa shape index (κ2) is 6.59. The molecule has 0 spiro atoms. The zero-order chi connectivity index (χ0) is 16.3. The Hall–Kier alpha value is -1.71. The number of nitrogens with zero attached hydrogens (tertiary/aromatic N) is 1. The van der Waals surface area contributed by atoms with Crippen LogP contribution in [0, 0.1) is 16.0 Å². The molecule has 8 nitrogen and oxygen atoms in total. The lowest BCUT2D eigenvalue weighted by atomic mass is 9.86. The maximum absolute atomic E-state index is 11.3. The first-order valence-electron chi connectivity index (χ1n) is 7.08. The van der Waals surface area contributed by atoms with Gasteiger partial charge in [0.1, 0.15) is 5.69 Å². The number of sulfonamides is 1. The summed E-state index contributed by atoms with van der Waals surface area (Å²) in [5.74, 6) is 0.414. The van der Waals surface area contributed by atoms with Crippen molar-refractivity contribution in [3.8, 4) is 0 Å². The Bertz CT molecular complexity index is 654. The molecule has 1 aliphatic rings. The van der Waals surface area contributed by atoms with Gasteiger partial charge in [0.25, 0.3) is 5.69 Å². The molecule has 1 fully saturated rings. The minimum atomic E-state index is -3.96. The van der Waals surface area contributed by atoms with E-state index in [0.29, 0.717) is 18.2 Å². The Morgan fingerprint density at radius 1 is 1.27 bits per heavy atom. The molecule has 122 valence electrons. The molecule has 0 radical (unpaired) electrons. The van der Waals surface area contributed by atoms with Gasteiger partial charge in [0.15, 0.2) is 0 Å². The third-order valence-corrected chi connectivity index (χ3v) is 4.88. The van der Waals surface area contributed by atoms with Crippen molar-refractivity contribution in [2.24, 2.45) is 16.8 Å². The summed E-state index contributed by atoms with van der Waals surface area (Å²) in [5, 5.41) is 19.1. The first kappa shape index (κ1) is 16.7. The molecular formula is C13H20N4O4S. The van der Waals surface area contributed by atoms with E-state index in [1.807, 2.05) is 0 Å². The fraction of sp³-hybridized carbons (Fsp3) is 0.538. The van der Waals surface area contributed by atoms with E-state index in [0.717, 1.165) is 31.7 Å². The number of nitro groups is 1. The molecule has 1 aromatic rings. The minimum Gasteiger partial charge on any atom is -0.379 e. The first-order valence-corrected chi connectivity index (χ1v) is 8.62. The van der Waals surface area contributed by atoms with Crippen LogP contribution in [-0.4, -0.2) is 25.9 Å². The fourth-order valence-corrected chi connectivity index (χ4v) is 3.17. The molecule has 1 aromatic carbocycles. The number of nitrogens with two attached hydrogens (primary N) is 2. The van der Waals surface area contributed by atoms with Gasteiger partial charge in [-0.25, -0.2) is 13.6 Å². The third-order valence-electron chi connectivity index (χ3n) is 3.97. The van der Waals surface area contributed by atoms with Gasteiger partial charge in [0.2, 0.25) is 10.0 Å². The molecule has 0 aliphatic heterocycles. The van der Waals surface area contributed by atoms with E-state index in [1.165, 1.54) is 12.1 Å². The van der Waals surface area contributed by atoms with Crippen molar-refractivity contribution in [1.82, 2.24) is 0 Å². The van der Waals surface area contributed by atoms with Gasteiger partial charge in [-0.2, -0.15) is 0 Å². The van der Waals surface area contributed by atoms with Crippen LogP contribution < -0.4 is 16.2 Å². The minimum absolute atomic E-state index is 0.250. The summed E-state index contributed by atoms with van der Waals surface area (Å²) >= 11 is 0. The van der Waals surface area contributed by atoms with Crippen LogP contribution in [0.2, 0.25) is 0 Å². The number of nitro benzene ring substituents is 1. The Morgan fingerprint density at radius 2 is 1.91 bits per heavy atom. The van der Waals surface area contributed by atoms with E-state index in [1.54, 1.807) is 0 Å². The first-order chi connectivity index (χ1) is 10.3. The van der Waals surface area contributed by atoms with Crippen LogP contribution in [-0.2, 0) is 10.0 Å². The zero-order valence-electron chi connectivity index (χ0n) is 12.1. The standard InChI is InChI=1S/C13H20N4O4S/c14-10-3-1-9(2-4-10)8-16-12-6-5-11(22(15,20)21)7-13(12)17(18)19/h5-7,9-10,16H,1-4,8,14H2,(H2,15,20,21)/t9-,10-. The van der Waals surface area contributed by atoms with Crippen LogP contribution in [0.25, 0.3) is 0 Å². The van der Waals surface area contributed by atoms with Crippen molar-refractivity contribution in [1.29, 1.82) is 0 Å². The molecule has 0 heterocycles. The molecule has 0 unspecified atom stereocenters. The molecular weight excluding hydrogens is 308 g/mol. The Balaban J connectivity index is 2.12. The van der Waals surface area contributed by atoms with E-state index in [-0.39, 0.29) is 16.6 Å².